The monoisotopic (exact) mass is 299 g/mol. The number of hydrogen-bond acceptors (Lipinski definition) is 4. The zero-order chi connectivity index (χ0) is 16.0. The van der Waals surface area contributed by atoms with Crippen LogP contribution in [0, 0.1) is 20.8 Å². The number of carbonyl (C=O) groups is 1. The smallest absolute Gasteiger partial charge is 0.339 e. The lowest BCUT2D eigenvalue weighted by Gasteiger charge is -2.09. The molecule has 2 N–H and O–H groups in total. The van der Waals surface area contributed by atoms with Crippen LogP contribution >= 0.6 is 0 Å². The number of benzene rings is 1. The van der Waals surface area contributed by atoms with Gasteiger partial charge in [-0.3, -0.25) is 4.79 Å². The number of aryl methyl sites for hydroxylation is 3. The Balaban J connectivity index is 2.34. The number of fused-ring (bicyclic) bond motifs is 2. The molecule has 3 aromatic rings. The van der Waals surface area contributed by atoms with Crippen molar-refractivity contribution in [3.05, 3.63) is 45.0 Å². The standard InChI is InChI=1S/C17H17NO4/c1-8-7-21-15-10(3)16-13(6-12(8)15)9(2)11(17(20)22-16)4-5-14(18)19/h6-7H,4-5H2,1-3H3,(H2,18,19). The van der Waals surface area contributed by atoms with Crippen molar-refractivity contribution in [3.8, 4) is 0 Å². The van der Waals surface area contributed by atoms with Crippen LogP contribution in [0.25, 0.3) is 21.9 Å². The van der Waals surface area contributed by atoms with Gasteiger partial charge in [0, 0.05) is 28.3 Å². The summed E-state index contributed by atoms with van der Waals surface area (Å²) < 4.78 is 11.0. The van der Waals surface area contributed by atoms with Crippen molar-refractivity contribution in [2.24, 2.45) is 5.73 Å². The number of primary amides is 1. The summed E-state index contributed by atoms with van der Waals surface area (Å²) in [6, 6.07) is 1.97. The Morgan fingerprint density at radius 3 is 2.55 bits per heavy atom. The quantitative estimate of drug-likeness (QED) is 0.753. The second kappa shape index (κ2) is 5.02. The molecule has 2 aromatic heterocycles. The number of rotatable bonds is 3. The maximum Gasteiger partial charge on any atom is 0.339 e. The van der Waals surface area contributed by atoms with E-state index in [0.717, 1.165) is 33.0 Å². The van der Waals surface area contributed by atoms with Crippen molar-refractivity contribution in [3.63, 3.8) is 0 Å². The lowest BCUT2D eigenvalue weighted by atomic mass is 9.98. The minimum absolute atomic E-state index is 0.128. The lowest BCUT2D eigenvalue weighted by molar-refractivity contribution is -0.117. The molecule has 0 atom stereocenters. The highest BCUT2D eigenvalue weighted by Crippen LogP contribution is 2.32. The van der Waals surface area contributed by atoms with E-state index in [0.29, 0.717) is 17.6 Å². The third-order valence-electron chi connectivity index (χ3n) is 4.16. The van der Waals surface area contributed by atoms with E-state index < -0.39 is 11.5 Å². The van der Waals surface area contributed by atoms with Crippen LogP contribution < -0.4 is 11.4 Å². The zero-order valence-electron chi connectivity index (χ0n) is 12.8. The lowest BCUT2D eigenvalue weighted by Crippen LogP contribution is -2.16. The third-order valence-corrected chi connectivity index (χ3v) is 4.16. The summed E-state index contributed by atoms with van der Waals surface area (Å²) in [6.07, 6.45) is 2.11. The van der Waals surface area contributed by atoms with Gasteiger partial charge in [0.15, 0.2) is 0 Å². The van der Waals surface area contributed by atoms with Crippen LogP contribution in [0.5, 0.6) is 0 Å². The molecule has 0 fully saturated rings. The predicted molar refractivity (Wildman–Crippen MR) is 84.0 cm³/mol. The number of furan rings is 1. The zero-order valence-corrected chi connectivity index (χ0v) is 12.8. The third kappa shape index (κ3) is 2.09. The molecule has 22 heavy (non-hydrogen) atoms. The van der Waals surface area contributed by atoms with E-state index in [1.807, 2.05) is 26.8 Å². The molecule has 0 unspecified atom stereocenters. The van der Waals surface area contributed by atoms with E-state index in [-0.39, 0.29) is 6.42 Å². The first-order valence-electron chi connectivity index (χ1n) is 7.12. The van der Waals surface area contributed by atoms with Gasteiger partial charge in [0.25, 0.3) is 0 Å². The average Bonchev–Trinajstić information content (AvgIpc) is 2.82. The van der Waals surface area contributed by atoms with Gasteiger partial charge in [-0.05, 0) is 44.4 Å². The summed E-state index contributed by atoms with van der Waals surface area (Å²) in [6.45, 7) is 5.72. The topological polar surface area (TPSA) is 86.4 Å². The molecule has 0 aliphatic rings. The van der Waals surface area contributed by atoms with E-state index in [4.69, 9.17) is 14.6 Å². The fraction of sp³-hybridized carbons (Fsp3) is 0.294. The number of carbonyl (C=O) groups excluding carboxylic acids is 1. The Labute approximate surface area is 126 Å². The molecule has 0 aliphatic carbocycles. The first-order chi connectivity index (χ1) is 10.4. The van der Waals surface area contributed by atoms with Crippen molar-refractivity contribution < 1.29 is 13.6 Å². The molecule has 0 spiro atoms. The van der Waals surface area contributed by atoms with E-state index in [2.05, 4.69) is 0 Å². The Hall–Kier alpha value is -2.56. The number of amides is 1. The van der Waals surface area contributed by atoms with Gasteiger partial charge in [-0.1, -0.05) is 0 Å². The van der Waals surface area contributed by atoms with Gasteiger partial charge in [0.05, 0.1) is 6.26 Å². The molecule has 0 saturated carbocycles. The van der Waals surface area contributed by atoms with Gasteiger partial charge in [-0.2, -0.15) is 0 Å². The summed E-state index contributed by atoms with van der Waals surface area (Å²) >= 11 is 0. The summed E-state index contributed by atoms with van der Waals surface area (Å²) in [5.74, 6) is -0.434. The van der Waals surface area contributed by atoms with E-state index in [9.17, 15) is 9.59 Å². The highest BCUT2D eigenvalue weighted by Gasteiger charge is 2.17. The molecular formula is C17H17NO4. The highest BCUT2D eigenvalue weighted by molar-refractivity contribution is 5.99. The summed E-state index contributed by atoms with van der Waals surface area (Å²) in [4.78, 5) is 23.2. The molecule has 3 rings (SSSR count). The van der Waals surface area contributed by atoms with Crippen LogP contribution in [0.3, 0.4) is 0 Å². The van der Waals surface area contributed by atoms with Crippen LogP contribution in [-0.2, 0) is 11.2 Å². The first-order valence-corrected chi connectivity index (χ1v) is 7.12. The van der Waals surface area contributed by atoms with Gasteiger partial charge in [-0.15, -0.1) is 0 Å². The molecular weight excluding hydrogens is 282 g/mol. The normalized spacial score (nSPS) is 11.4. The van der Waals surface area contributed by atoms with Gasteiger partial charge < -0.3 is 14.6 Å². The average molecular weight is 299 g/mol. The van der Waals surface area contributed by atoms with Gasteiger partial charge >= 0.3 is 5.63 Å². The summed E-state index contributed by atoms with van der Waals surface area (Å²) in [7, 11) is 0. The largest absolute Gasteiger partial charge is 0.464 e. The first kappa shape index (κ1) is 14.4. The Kier molecular flexibility index (Phi) is 3.28. The minimum Gasteiger partial charge on any atom is -0.464 e. The molecule has 1 aromatic carbocycles. The molecule has 5 heteroatoms. The van der Waals surface area contributed by atoms with Gasteiger partial charge in [0.2, 0.25) is 5.91 Å². The molecule has 0 aliphatic heterocycles. The summed E-state index contributed by atoms with van der Waals surface area (Å²) in [5.41, 5.74) is 9.20. The molecule has 5 nitrogen and oxygen atoms in total. The van der Waals surface area contributed by atoms with Crippen molar-refractivity contribution in [2.75, 3.05) is 0 Å². The van der Waals surface area contributed by atoms with Crippen molar-refractivity contribution >= 4 is 27.8 Å². The van der Waals surface area contributed by atoms with Crippen molar-refractivity contribution in [1.82, 2.24) is 0 Å². The second-order valence-corrected chi connectivity index (χ2v) is 5.63. The fourth-order valence-electron chi connectivity index (χ4n) is 2.86. The Bertz CT molecular complexity index is 962. The van der Waals surface area contributed by atoms with Crippen molar-refractivity contribution in [1.29, 1.82) is 0 Å². The minimum atomic E-state index is -0.434. The molecule has 0 bridgehead atoms. The molecule has 114 valence electrons. The van der Waals surface area contributed by atoms with Crippen LogP contribution in [-0.4, -0.2) is 5.91 Å². The molecule has 1 amide bonds. The van der Waals surface area contributed by atoms with Gasteiger partial charge in [-0.25, -0.2) is 4.79 Å². The maximum absolute atomic E-state index is 12.2. The molecule has 2 heterocycles. The van der Waals surface area contributed by atoms with Crippen LogP contribution in [0.1, 0.15) is 28.7 Å². The van der Waals surface area contributed by atoms with Crippen molar-refractivity contribution in [2.45, 2.75) is 33.6 Å². The Morgan fingerprint density at radius 2 is 1.86 bits per heavy atom. The highest BCUT2D eigenvalue weighted by atomic mass is 16.4. The maximum atomic E-state index is 12.2. The predicted octanol–water partition coefficient (Wildman–Crippen LogP) is 2.88. The van der Waals surface area contributed by atoms with E-state index >= 15 is 0 Å². The van der Waals surface area contributed by atoms with Crippen LogP contribution in [0.15, 0.2) is 26.0 Å². The van der Waals surface area contributed by atoms with Crippen LogP contribution in [0.4, 0.5) is 0 Å². The van der Waals surface area contributed by atoms with Crippen LogP contribution in [0.2, 0.25) is 0 Å². The van der Waals surface area contributed by atoms with E-state index in [1.54, 1.807) is 6.26 Å². The second-order valence-electron chi connectivity index (χ2n) is 5.63. The summed E-state index contributed by atoms with van der Waals surface area (Å²) in [5, 5.41) is 1.87. The molecule has 0 radical (unpaired) electrons. The number of hydrogen-bond donors (Lipinski definition) is 1. The van der Waals surface area contributed by atoms with E-state index in [1.165, 1.54) is 0 Å². The SMILES string of the molecule is Cc1coc2c(C)c3oc(=O)c(CCC(N)=O)c(C)c3cc12. The Morgan fingerprint density at radius 1 is 1.14 bits per heavy atom. The molecule has 0 saturated heterocycles. The fourth-order valence-corrected chi connectivity index (χ4v) is 2.86. The van der Waals surface area contributed by atoms with Gasteiger partial charge in [0.1, 0.15) is 11.2 Å². The number of nitrogens with two attached hydrogens (primary N) is 1.